The molecule has 0 aliphatic carbocycles. The number of nitriles is 1. The molecule has 2 amide bonds. The van der Waals surface area contributed by atoms with Crippen LogP contribution in [0.4, 0.5) is 5.69 Å². The van der Waals surface area contributed by atoms with Gasteiger partial charge < -0.3 is 9.80 Å². The Morgan fingerprint density at radius 2 is 1.69 bits per heavy atom. The van der Waals surface area contributed by atoms with Crippen LogP contribution in [0.1, 0.15) is 37.8 Å². The number of carbonyl (C=O) groups excluding carboxylic acids is 2. The third kappa shape index (κ3) is 6.09. The van der Waals surface area contributed by atoms with E-state index in [0.717, 1.165) is 29.4 Å². The molecule has 0 saturated carbocycles. The molecule has 2 aromatic rings. The normalized spacial score (nSPS) is 15.1. The van der Waals surface area contributed by atoms with Crippen LogP contribution in [0, 0.1) is 11.3 Å². The summed E-state index contributed by atoms with van der Waals surface area (Å²) >= 11 is 6.34. The van der Waals surface area contributed by atoms with Crippen LogP contribution >= 0.6 is 11.6 Å². The Kier molecular flexibility index (Phi) is 8.66. The van der Waals surface area contributed by atoms with Gasteiger partial charge in [-0.15, -0.1) is 0 Å². The smallest absolute Gasteiger partial charge is 0.227 e. The molecule has 6 nitrogen and oxygen atoms in total. The highest BCUT2D eigenvalue weighted by Gasteiger charge is 2.26. The number of rotatable bonds is 8. The maximum atomic E-state index is 12.8. The number of anilines is 1. The lowest BCUT2D eigenvalue weighted by Crippen LogP contribution is -2.49. The average Bonchev–Trinajstić information content (AvgIpc) is 2.83. The molecule has 1 heterocycles. The van der Waals surface area contributed by atoms with E-state index in [4.69, 9.17) is 16.9 Å². The summed E-state index contributed by atoms with van der Waals surface area (Å²) in [4.78, 5) is 31.3. The summed E-state index contributed by atoms with van der Waals surface area (Å²) in [5.41, 5.74) is 1.85. The Balaban J connectivity index is 1.50. The van der Waals surface area contributed by atoms with E-state index in [1.54, 1.807) is 4.90 Å². The van der Waals surface area contributed by atoms with Crippen molar-refractivity contribution in [3.63, 3.8) is 0 Å². The molecule has 1 fully saturated rings. The topological polar surface area (TPSA) is 67.7 Å². The van der Waals surface area contributed by atoms with Crippen LogP contribution in [0.5, 0.6) is 0 Å². The molecule has 0 aromatic heterocycles. The van der Waals surface area contributed by atoms with Crippen molar-refractivity contribution >= 4 is 29.1 Å². The van der Waals surface area contributed by atoms with E-state index >= 15 is 0 Å². The average molecular weight is 453 g/mol. The minimum Gasteiger partial charge on any atom is -0.340 e. The van der Waals surface area contributed by atoms with E-state index in [-0.39, 0.29) is 37.1 Å². The van der Waals surface area contributed by atoms with Crippen LogP contribution in [0.2, 0.25) is 5.02 Å². The van der Waals surface area contributed by atoms with Gasteiger partial charge in [-0.1, -0.05) is 48.0 Å². The molecule has 168 valence electrons. The molecular weight excluding hydrogens is 424 g/mol. The zero-order chi connectivity index (χ0) is 22.9. The lowest BCUT2D eigenvalue weighted by atomic mass is 10.1. The summed E-state index contributed by atoms with van der Waals surface area (Å²) in [5.74, 6) is -0.137. The van der Waals surface area contributed by atoms with Crippen LogP contribution in [0.15, 0.2) is 54.6 Å². The fourth-order valence-corrected chi connectivity index (χ4v) is 4.34. The van der Waals surface area contributed by atoms with Crippen molar-refractivity contribution in [1.82, 2.24) is 9.80 Å². The van der Waals surface area contributed by atoms with E-state index in [0.29, 0.717) is 19.6 Å². The molecule has 1 saturated heterocycles. The summed E-state index contributed by atoms with van der Waals surface area (Å²) in [6, 6.07) is 19.4. The lowest BCUT2D eigenvalue weighted by Gasteiger charge is -2.38. The summed E-state index contributed by atoms with van der Waals surface area (Å²) in [6.45, 7) is 5.27. The molecule has 7 heteroatoms. The number of hydrogen-bond donors (Lipinski definition) is 0. The molecule has 32 heavy (non-hydrogen) atoms. The number of carbonyl (C=O) groups is 2. The highest BCUT2D eigenvalue weighted by Crippen LogP contribution is 2.28. The van der Waals surface area contributed by atoms with Gasteiger partial charge in [0.05, 0.1) is 12.5 Å². The number of piperazine rings is 1. The van der Waals surface area contributed by atoms with Gasteiger partial charge in [0.2, 0.25) is 11.8 Å². The first kappa shape index (κ1) is 23.8. The second kappa shape index (κ2) is 11.7. The zero-order valence-electron chi connectivity index (χ0n) is 18.4. The van der Waals surface area contributed by atoms with Crippen LogP contribution in [0.25, 0.3) is 0 Å². The van der Waals surface area contributed by atoms with Gasteiger partial charge in [0.25, 0.3) is 0 Å². The maximum Gasteiger partial charge on any atom is 0.227 e. The zero-order valence-corrected chi connectivity index (χ0v) is 19.2. The largest absolute Gasteiger partial charge is 0.340 e. The molecule has 1 atom stereocenters. The van der Waals surface area contributed by atoms with Gasteiger partial charge in [0.1, 0.15) is 0 Å². The first-order chi connectivity index (χ1) is 15.5. The van der Waals surface area contributed by atoms with Crippen molar-refractivity contribution in [2.75, 3.05) is 37.6 Å². The minimum absolute atomic E-state index is 0.00306. The van der Waals surface area contributed by atoms with Gasteiger partial charge >= 0.3 is 0 Å². The fourth-order valence-electron chi connectivity index (χ4n) is 4.04. The van der Waals surface area contributed by atoms with Crippen molar-refractivity contribution in [2.45, 2.75) is 32.2 Å². The number of para-hydroxylation sites is 1. The SMILES string of the molecule is CC(c1ccccc1Cl)N1CCN(C(=O)CCC(=O)N(CCC#N)c2ccccc2)CC1. The predicted octanol–water partition coefficient (Wildman–Crippen LogP) is 4.27. The Bertz CT molecular complexity index is 952. The molecule has 1 unspecified atom stereocenters. The van der Waals surface area contributed by atoms with E-state index < -0.39 is 0 Å². The van der Waals surface area contributed by atoms with Gasteiger partial charge in [-0.25, -0.2) is 0 Å². The van der Waals surface area contributed by atoms with E-state index in [9.17, 15) is 9.59 Å². The summed E-state index contributed by atoms with van der Waals surface area (Å²) in [6.07, 6.45) is 0.560. The number of nitrogens with zero attached hydrogens (tertiary/aromatic N) is 4. The Labute approximate surface area is 195 Å². The van der Waals surface area contributed by atoms with Gasteiger partial charge in [-0.2, -0.15) is 5.26 Å². The molecule has 1 aliphatic rings. The van der Waals surface area contributed by atoms with Crippen LogP contribution in [0.3, 0.4) is 0 Å². The van der Waals surface area contributed by atoms with Crippen LogP contribution in [-0.4, -0.2) is 54.3 Å². The molecule has 0 bridgehead atoms. The van der Waals surface area contributed by atoms with E-state index in [1.165, 1.54) is 0 Å². The number of amides is 2. The van der Waals surface area contributed by atoms with E-state index in [2.05, 4.69) is 17.9 Å². The first-order valence-electron chi connectivity index (χ1n) is 11.0. The quantitative estimate of drug-likeness (QED) is 0.599. The molecule has 0 N–H and O–H groups in total. The van der Waals surface area contributed by atoms with Gasteiger partial charge in [0, 0.05) is 62.3 Å². The fraction of sp³-hybridized carbons (Fsp3) is 0.400. The molecule has 3 rings (SSSR count). The maximum absolute atomic E-state index is 12.8. The highest BCUT2D eigenvalue weighted by molar-refractivity contribution is 6.31. The standard InChI is InChI=1S/C25H29ClN4O2/c1-20(22-10-5-6-11-23(22)26)28-16-18-29(19-17-28)24(31)12-13-25(32)30(15-7-14-27)21-8-3-2-4-9-21/h2-6,8-11,20H,7,12-13,15-19H2,1H3. The predicted molar refractivity (Wildman–Crippen MR) is 126 cm³/mol. The van der Waals surface area contributed by atoms with E-state index in [1.807, 2.05) is 59.5 Å². The Hall–Kier alpha value is -2.88. The van der Waals surface area contributed by atoms with Crippen LogP contribution in [-0.2, 0) is 9.59 Å². The van der Waals surface area contributed by atoms with Crippen molar-refractivity contribution in [3.8, 4) is 6.07 Å². The van der Waals surface area contributed by atoms with Crippen LogP contribution < -0.4 is 4.90 Å². The molecule has 1 aliphatic heterocycles. The Morgan fingerprint density at radius 1 is 1.03 bits per heavy atom. The third-order valence-corrected chi connectivity index (χ3v) is 6.28. The molecular formula is C25H29ClN4O2. The Morgan fingerprint density at radius 3 is 2.34 bits per heavy atom. The van der Waals surface area contributed by atoms with Crippen molar-refractivity contribution < 1.29 is 9.59 Å². The minimum atomic E-state index is -0.134. The highest BCUT2D eigenvalue weighted by atomic mass is 35.5. The second-order valence-corrected chi connectivity index (χ2v) is 8.31. The summed E-state index contributed by atoms with van der Waals surface area (Å²) in [7, 11) is 0. The second-order valence-electron chi connectivity index (χ2n) is 7.90. The van der Waals surface area contributed by atoms with Gasteiger partial charge in [-0.3, -0.25) is 14.5 Å². The van der Waals surface area contributed by atoms with Crippen molar-refractivity contribution in [2.24, 2.45) is 0 Å². The van der Waals surface area contributed by atoms with Crippen molar-refractivity contribution in [1.29, 1.82) is 5.26 Å². The molecule has 2 aromatic carbocycles. The monoisotopic (exact) mass is 452 g/mol. The molecule has 0 radical (unpaired) electrons. The third-order valence-electron chi connectivity index (χ3n) is 5.94. The summed E-state index contributed by atoms with van der Waals surface area (Å²) < 4.78 is 0. The number of halogens is 1. The lowest BCUT2D eigenvalue weighted by molar-refractivity contribution is -0.135. The number of benzene rings is 2. The van der Waals surface area contributed by atoms with Crippen molar-refractivity contribution in [3.05, 3.63) is 65.2 Å². The summed E-state index contributed by atoms with van der Waals surface area (Å²) in [5, 5.41) is 9.68. The van der Waals surface area contributed by atoms with Gasteiger partial charge in [-0.05, 0) is 30.7 Å². The van der Waals surface area contributed by atoms with Gasteiger partial charge in [0.15, 0.2) is 0 Å². The number of hydrogen-bond acceptors (Lipinski definition) is 4. The molecule has 0 spiro atoms. The first-order valence-corrected chi connectivity index (χ1v) is 11.4.